The van der Waals surface area contributed by atoms with Gasteiger partial charge in [0.15, 0.2) is 0 Å². The van der Waals surface area contributed by atoms with Gasteiger partial charge in [0.2, 0.25) is 0 Å². The van der Waals surface area contributed by atoms with E-state index in [4.69, 9.17) is 0 Å². The summed E-state index contributed by atoms with van der Waals surface area (Å²) in [6, 6.07) is 8.99. The Morgan fingerprint density at radius 3 is 2.39 bits per heavy atom. The molecule has 1 aliphatic heterocycles. The standard InChI is InChI=1S/C16H26N2/c1-17-13-15-8-7-9-16(12-15)14-18-10-5-3-2-4-6-11-18/h7-9,12,17H,2-6,10-11,13-14H2,1H3. The molecule has 1 saturated heterocycles. The molecular formula is C16H26N2. The van der Waals surface area contributed by atoms with E-state index in [1.54, 1.807) is 0 Å². The fourth-order valence-electron chi connectivity index (χ4n) is 2.77. The summed E-state index contributed by atoms with van der Waals surface area (Å²) in [6.45, 7) is 4.64. The zero-order valence-corrected chi connectivity index (χ0v) is 11.6. The lowest BCUT2D eigenvalue weighted by Crippen LogP contribution is -2.26. The van der Waals surface area contributed by atoms with Crippen molar-refractivity contribution in [1.82, 2.24) is 10.2 Å². The third-order valence-corrected chi connectivity index (χ3v) is 3.73. The molecule has 0 aromatic heterocycles. The van der Waals surface area contributed by atoms with Gasteiger partial charge in [0.1, 0.15) is 0 Å². The van der Waals surface area contributed by atoms with E-state index < -0.39 is 0 Å². The summed E-state index contributed by atoms with van der Waals surface area (Å²) in [4.78, 5) is 2.62. The summed E-state index contributed by atoms with van der Waals surface area (Å²) >= 11 is 0. The highest BCUT2D eigenvalue weighted by Crippen LogP contribution is 2.14. The number of benzene rings is 1. The van der Waals surface area contributed by atoms with Crippen LogP contribution < -0.4 is 5.32 Å². The Bertz CT molecular complexity index is 341. The first-order valence-electron chi connectivity index (χ1n) is 7.33. The van der Waals surface area contributed by atoms with Crippen LogP contribution in [0.3, 0.4) is 0 Å². The van der Waals surface area contributed by atoms with Crippen molar-refractivity contribution in [3.63, 3.8) is 0 Å². The topological polar surface area (TPSA) is 15.3 Å². The average molecular weight is 246 g/mol. The lowest BCUT2D eigenvalue weighted by molar-refractivity contribution is 0.240. The monoisotopic (exact) mass is 246 g/mol. The van der Waals surface area contributed by atoms with E-state index in [0.717, 1.165) is 13.1 Å². The molecule has 2 nitrogen and oxygen atoms in total. The van der Waals surface area contributed by atoms with E-state index in [2.05, 4.69) is 34.5 Å². The predicted octanol–water partition coefficient (Wildman–Crippen LogP) is 3.17. The van der Waals surface area contributed by atoms with Crippen LogP contribution in [0.4, 0.5) is 0 Å². The van der Waals surface area contributed by atoms with Crippen LogP contribution in [0.15, 0.2) is 24.3 Å². The number of hydrogen-bond acceptors (Lipinski definition) is 2. The van der Waals surface area contributed by atoms with Crippen LogP contribution in [0.5, 0.6) is 0 Å². The third kappa shape index (κ3) is 4.43. The van der Waals surface area contributed by atoms with Gasteiger partial charge in [0.05, 0.1) is 0 Å². The predicted molar refractivity (Wildman–Crippen MR) is 77.6 cm³/mol. The quantitative estimate of drug-likeness (QED) is 0.878. The van der Waals surface area contributed by atoms with Crippen LogP contribution in [-0.2, 0) is 13.1 Å². The molecule has 2 heteroatoms. The van der Waals surface area contributed by atoms with Gasteiger partial charge in [-0.3, -0.25) is 4.90 Å². The second-order valence-corrected chi connectivity index (χ2v) is 5.39. The fourth-order valence-corrected chi connectivity index (χ4v) is 2.77. The van der Waals surface area contributed by atoms with E-state index in [9.17, 15) is 0 Å². The highest BCUT2D eigenvalue weighted by atomic mass is 15.1. The zero-order chi connectivity index (χ0) is 12.6. The third-order valence-electron chi connectivity index (χ3n) is 3.73. The fraction of sp³-hybridized carbons (Fsp3) is 0.625. The maximum absolute atomic E-state index is 3.22. The molecule has 1 aromatic rings. The Morgan fingerprint density at radius 1 is 1.00 bits per heavy atom. The van der Waals surface area contributed by atoms with E-state index in [1.807, 2.05) is 7.05 Å². The lowest BCUT2D eigenvalue weighted by Gasteiger charge is -2.24. The molecule has 1 fully saturated rings. The smallest absolute Gasteiger partial charge is 0.0233 e. The van der Waals surface area contributed by atoms with Crippen molar-refractivity contribution in [3.8, 4) is 0 Å². The van der Waals surface area contributed by atoms with Crippen LogP contribution in [0, 0.1) is 0 Å². The molecule has 0 saturated carbocycles. The number of likely N-dealkylation sites (tertiary alicyclic amines) is 1. The van der Waals surface area contributed by atoms with Gasteiger partial charge in [-0.05, 0) is 44.1 Å². The van der Waals surface area contributed by atoms with Gasteiger partial charge in [0, 0.05) is 13.1 Å². The normalized spacial score (nSPS) is 18.3. The van der Waals surface area contributed by atoms with Crippen molar-refractivity contribution in [1.29, 1.82) is 0 Å². The van der Waals surface area contributed by atoms with Crippen molar-refractivity contribution in [2.75, 3.05) is 20.1 Å². The van der Waals surface area contributed by atoms with Gasteiger partial charge < -0.3 is 5.32 Å². The molecule has 100 valence electrons. The maximum atomic E-state index is 3.22. The van der Waals surface area contributed by atoms with Gasteiger partial charge in [-0.1, -0.05) is 43.5 Å². The second-order valence-electron chi connectivity index (χ2n) is 5.39. The van der Waals surface area contributed by atoms with E-state index in [-0.39, 0.29) is 0 Å². The Labute approximate surface area is 111 Å². The first kappa shape index (κ1) is 13.6. The summed E-state index contributed by atoms with van der Waals surface area (Å²) in [5, 5.41) is 3.22. The molecule has 0 aliphatic carbocycles. The van der Waals surface area contributed by atoms with Crippen LogP contribution in [0.2, 0.25) is 0 Å². The number of hydrogen-bond donors (Lipinski definition) is 1. The second kappa shape index (κ2) is 7.55. The molecule has 1 heterocycles. The van der Waals surface area contributed by atoms with Crippen molar-refractivity contribution in [2.45, 2.75) is 45.2 Å². The first-order chi connectivity index (χ1) is 8.88. The first-order valence-corrected chi connectivity index (χ1v) is 7.33. The molecule has 1 N–H and O–H groups in total. The minimum atomic E-state index is 0.966. The summed E-state index contributed by atoms with van der Waals surface area (Å²) in [5.74, 6) is 0. The molecule has 1 aliphatic rings. The molecule has 0 bridgehead atoms. The van der Waals surface area contributed by atoms with Crippen molar-refractivity contribution in [3.05, 3.63) is 35.4 Å². The minimum absolute atomic E-state index is 0.966. The number of rotatable bonds is 4. The molecule has 0 spiro atoms. The van der Waals surface area contributed by atoms with Gasteiger partial charge in [-0.2, -0.15) is 0 Å². The molecule has 0 atom stereocenters. The number of nitrogens with one attached hydrogen (secondary N) is 1. The molecule has 0 radical (unpaired) electrons. The highest BCUT2D eigenvalue weighted by Gasteiger charge is 2.08. The molecular weight excluding hydrogens is 220 g/mol. The minimum Gasteiger partial charge on any atom is -0.316 e. The SMILES string of the molecule is CNCc1cccc(CN2CCCCCCC2)c1. The molecule has 18 heavy (non-hydrogen) atoms. The Morgan fingerprint density at radius 2 is 1.67 bits per heavy atom. The Balaban J connectivity index is 1.92. The summed E-state index contributed by atoms with van der Waals surface area (Å²) in [7, 11) is 2.00. The van der Waals surface area contributed by atoms with Gasteiger partial charge in [0.25, 0.3) is 0 Å². The van der Waals surface area contributed by atoms with Crippen molar-refractivity contribution >= 4 is 0 Å². The van der Waals surface area contributed by atoms with Crippen LogP contribution in [-0.4, -0.2) is 25.0 Å². The zero-order valence-electron chi connectivity index (χ0n) is 11.6. The number of nitrogens with zero attached hydrogens (tertiary/aromatic N) is 1. The van der Waals surface area contributed by atoms with E-state index >= 15 is 0 Å². The van der Waals surface area contributed by atoms with Crippen molar-refractivity contribution in [2.24, 2.45) is 0 Å². The largest absolute Gasteiger partial charge is 0.316 e. The van der Waals surface area contributed by atoms with Crippen LogP contribution in [0.1, 0.15) is 43.2 Å². The molecule has 1 aromatic carbocycles. The summed E-state index contributed by atoms with van der Waals surface area (Å²) in [5.41, 5.74) is 2.85. The molecule has 0 amide bonds. The average Bonchev–Trinajstić information content (AvgIpc) is 2.33. The Hall–Kier alpha value is -0.860. The lowest BCUT2D eigenvalue weighted by atomic mass is 10.1. The maximum Gasteiger partial charge on any atom is 0.0233 e. The van der Waals surface area contributed by atoms with E-state index in [1.165, 1.54) is 56.3 Å². The molecule has 0 unspecified atom stereocenters. The van der Waals surface area contributed by atoms with Crippen LogP contribution >= 0.6 is 0 Å². The summed E-state index contributed by atoms with van der Waals surface area (Å²) in [6.07, 6.45) is 7.00. The van der Waals surface area contributed by atoms with Gasteiger partial charge in [-0.25, -0.2) is 0 Å². The van der Waals surface area contributed by atoms with Gasteiger partial charge in [-0.15, -0.1) is 0 Å². The van der Waals surface area contributed by atoms with E-state index in [0.29, 0.717) is 0 Å². The van der Waals surface area contributed by atoms with Crippen molar-refractivity contribution < 1.29 is 0 Å². The Kier molecular flexibility index (Phi) is 5.69. The molecule has 2 rings (SSSR count). The van der Waals surface area contributed by atoms with Gasteiger partial charge >= 0.3 is 0 Å². The summed E-state index contributed by atoms with van der Waals surface area (Å²) < 4.78 is 0. The van der Waals surface area contributed by atoms with Crippen LogP contribution in [0.25, 0.3) is 0 Å². The highest BCUT2D eigenvalue weighted by molar-refractivity contribution is 5.23.